The summed E-state index contributed by atoms with van der Waals surface area (Å²) in [5.41, 5.74) is 0.705. The third-order valence-electron chi connectivity index (χ3n) is 3.87. The van der Waals surface area contributed by atoms with E-state index < -0.39 is 0 Å². The fourth-order valence-corrected chi connectivity index (χ4v) is 2.87. The van der Waals surface area contributed by atoms with Gasteiger partial charge in [0.05, 0.1) is 22.2 Å². The van der Waals surface area contributed by atoms with E-state index in [1.54, 1.807) is 24.5 Å². The van der Waals surface area contributed by atoms with E-state index in [-0.39, 0.29) is 17.9 Å². The molecule has 0 aliphatic carbocycles. The van der Waals surface area contributed by atoms with Gasteiger partial charge in [-0.3, -0.25) is 4.79 Å². The van der Waals surface area contributed by atoms with Crippen LogP contribution in [0.4, 0.5) is 0 Å². The molecule has 23 heavy (non-hydrogen) atoms. The zero-order valence-corrected chi connectivity index (χ0v) is 13.0. The van der Waals surface area contributed by atoms with Crippen molar-refractivity contribution in [1.29, 1.82) is 5.26 Å². The summed E-state index contributed by atoms with van der Waals surface area (Å²) in [7, 11) is 0. The summed E-state index contributed by atoms with van der Waals surface area (Å²) < 4.78 is 5.69. The van der Waals surface area contributed by atoms with Gasteiger partial charge in [0.25, 0.3) is 5.91 Å². The van der Waals surface area contributed by atoms with Gasteiger partial charge in [-0.2, -0.15) is 5.26 Å². The maximum Gasteiger partial charge on any atom is 0.252 e. The van der Waals surface area contributed by atoms with Gasteiger partial charge in [0.1, 0.15) is 11.9 Å². The first-order chi connectivity index (χ1) is 11.2. The van der Waals surface area contributed by atoms with Crippen molar-refractivity contribution in [2.45, 2.75) is 12.5 Å². The molecule has 7 heteroatoms. The van der Waals surface area contributed by atoms with E-state index in [4.69, 9.17) is 21.6 Å². The van der Waals surface area contributed by atoms with Crippen LogP contribution in [0.2, 0.25) is 5.02 Å². The van der Waals surface area contributed by atoms with Crippen LogP contribution in [0.1, 0.15) is 34.3 Å². The number of hydrogen-bond donors (Lipinski definition) is 2. The van der Waals surface area contributed by atoms with Gasteiger partial charge in [0, 0.05) is 31.5 Å². The molecule has 1 saturated heterocycles. The first-order valence-corrected chi connectivity index (χ1v) is 7.65. The molecule has 2 N–H and O–H groups in total. The third-order valence-corrected chi connectivity index (χ3v) is 4.20. The number of aromatic nitrogens is 2. The van der Waals surface area contributed by atoms with E-state index in [2.05, 4.69) is 15.3 Å². The number of nitrogens with zero attached hydrogens (tertiary/aromatic N) is 2. The Morgan fingerprint density at radius 1 is 1.57 bits per heavy atom. The van der Waals surface area contributed by atoms with Gasteiger partial charge in [0.2, 0.25) is 0 Å². The molecule has 6 nitrogen and oxygen atoms in total. The number of rotatable bonds is 4. The van der Waals surface area contributed by atoms with Crippen molar-refractivity contribution < 1.29 is 9.53 Å². The normalized spacial score (nSPS) is 20.2. The van der Waals surface area contributed by atoms with Crippen molar-refractivity contribution in [3.63, 3.8) is 0 Å². The van der Waals surface area contributed by atoms with Crippen molar-refractivity contribution in [2.75, 3.05) is 13.2 Å². The maximum absolute atomic E-state index is 12.3. The predicted octanol–water partition coefficient (Wildman–Crippen LogP) is 2.44. The highest BCUT2D eigenvalue weighted by Gasteiger charge is 2.31. The highest BCUT2D eigenvalue weighted by Crippen LogP contribution is 2.32. The summed E-state index contributed by atoms with van der Waals surface area (Å²) in [6.45, 7) is 1.09. The number of hydrogen-bond acceptors (Lipinski definition) is 4. The second kappa shape index (κ2) is 6.82. The number of halogens is 1. The molecule has 0 spiro atoms. The van der Waals surface area contributed by atoms with E-state index in [1.807, 2.05) is 6.07 Å². The number of carbonyl (C=O) groups excluding carboxylic acids is 1. The lowest BCUT2D eigenvalue weighted by Gasteiger charge is -2.17. The van der Waals surface area contributed by atoms with Crippen LogP contribution in [0.5, 0.6) is 0 Å². The molecule has 0 radical (unpaired) electrons. The molecule has 1 aromatic heterocycles. The molecule has 3 rings (SSSR count). The molecule has 2 heterocycles. The molecule has 1 fully saturated rings. The van der Waals surface area contributed by atoms with Crippen molar-refractivity contribution in [2.24, 2.45) is 5.92 Å². The van der Waals surface area contributed by atoms with Crippen LogP contribution in [-0.4, -0.2) is 29.0 Å². The SMILES string of the molecule is N#Cc1ccc(Cl)c(C(=O)NC[C@@H]2CCO[C@H]2c2ncc[nH]2)c1. The number of imidazole rings is 1. The van der Waals surface area contributed by atoms with Crippen molar-refractivity contribution in [3.8, 4) is 6.07 Å². The standard InChI is InChI=1S/C16H15ClN4O2/c17-13-2-1-10(8-18)7-12(13)16(22)21-9-11-3-6-23-14(11)15-19-4-5-20-15/h1-2,4-5,7,11,14H,3,6,9H2,(H,19,20)(H,21,22)/t11-,14+/m0/s1. The van der Waals surface area contributed by atoms with Gasteiger partial charge in [-0.05, 0) is 24.6 Å². The molecule has 118 valence electrons. The Hall–Kier alpha value is -2.36. The van der Waals surface area contributed by atoms with Gasteiger partial charge < -0.3 is 15.0 Å². The Balaban J connectivity index is 1.66. The van der Waals surface area contributed by atoms with Crippen molar-refractivity contribution >= 4 is 17.5 Å². The Bertz CT molecular complexity index is 739. The van der Waals surface area contributed by atoms with Crippen LogP contribution in [0.25, 0.3) is 0 Å². The zero-order chi connectivity index (χ0) is 16.2. The minimum absolute atomic E-state index is 0.142. The fraction of sp³-hybridized carbons (Fsp3) is 0.312. The van der Waals surface area contributed by atoms with Crippen LogP contribution in [0.15, 0.2) is 30.6 Å². The third kappa shape index (κ3) is 3.36. The predicted molar refractivity (Wildman–Crippen MR) is 83.9 cm³/mol. The molecular weight excluding hydrogens is 316 g/mol. The number of H-pyrrole nitrogens is 1. The second-order valence-corrected chi connectivity index (χ2v) is 5.74. The number of carbonyl (C=O) groups is 1. The summed E-state index contributed by atoms with van der Waals surface area (Å²) in [5.74, 6) is 0.617. The number of amides is 1. The first-order valence-electron chi connectivity index (χ1n) is 7.27. The van der Waals surface area contributed by atoms with Gasteiger partial charge in [-0.25, -0.2) is 4.98 Å². The highest BCUT2D eigenvalue weighted by atomic mass is 35.5. The summed E-state index contributed by atoms with van der Waals surface area (Å²) in [6.07, 6.45) is 4.13. The zero-order valence-electron chi connectivity index (χ0n) is 12.3. The molecular formula is C16H15ClN4O2. The summed E-state index contributed by atoms with van der Waals surface area (Å²) >= 11 is 6.04. The smallest absolute Gasteiger partial charge is 0.252 e. The maximum atomic E-state index is 12.3. The summed E-state index contributed by atoms with van der Waals surface area (Å²) in [4.78, 5) is 19.6. The van der Waals surface area contributed by atoms with Gasteiger partial charge in [-0.1, -0.05) is 11.6 Å². The molecule has 1 aromatic carbocycles. The van der Waals surface area contributed by atoms with E-state index in [1.165, 1.54) is 6.07 Å². The molecule has 1 aliphatic heterocycles. The lowest BCUT2D eigenvalue weighted by Crippen LogP contribution is -2.31. The average Bonchev–Trinajstić information content (AvgIpc) is 3.23. The van der Waals surface area contributed by atoms with Crippen LogP contribution in [0.3, 0.4) is 0 Å². The van der Waals surface area contributed by atoms with Crippen LogP contribution in [-0.2, 0) is 4.74 Å². The quantitative estimate of drug-likeness (QED) is 0.900. The average molecular weight is 331 g/mol. The lowest BCUT2D eigenvalue weighted by atomic mass is 10.0. The van der Waals surface area contributed by atoms with Crippen LogP contribution < -0.4 is 5.32 Å². The van der Waals surface area contributed by atoms with Crippen molar-refractivity contribution in [3.05, 3.63) is 52.6 Å². The molecule has 0 unspecified atom stereocenters. The number of nitriles is 1. The van der Waals surface area contributed by atoms with Crippen LogP contribution >= 0.6 is 11.6 Å². The molecule has 2 aromatic rings. The van der Waals surface area contributed by atoms with Crippen LogP contribution in [0, 0.1) is 17.2 Å². The van der Waals surface area contributed by atoms with E-state index in [9.17, 15) is 4.79 Å². The largest absolute Gasteiger partial charge is 0.370 e. The summed E-state index contributed by atoms with van der Waals surface area (Å²) in [6, 6.07) is 6.63. The molecule has 2 atom stereocenters. The minimum atomic E-state index is -0.294. The first kappa shape index (κ1) is 15.5. The Morgan fingerprint density at radius 2 is 2.43 bits per heavy atom. The van der Waals surface area contributed by atoms with Gasteiger partial charge in [-0.15, -0.1) is 0 Å². The second-order valence-electron chi connectivity index (χ2n) is 5.33. The molecule has 1 aliphatic rings. The van der Waals surface area contributed by atoms with Gasteiger partial charge >= 0.3 is 0 Å². The van der Waals surface area contributed by atoms with Gasteiger partial charge in [0.15, 0.2) is 0 Å². The van der Waals surface area contributed by atoms with E-state index >= 15 is 0 Å². The molecule has 1 amide bonds. The highest BCUT2D eigenvalue weighted by molar-refractivity contribution is 6.33. The monoisotopic (exact) mass is 330 g/mol. The Kier molecular flexibility index (Phi) is 4.60. The minimum Gasteiger partial charge on any atom is -0.370 e. The lowest BCUT2D eigenvalue weighted by molar-refractivity contribution is 0.0802. The topological polar surface area (TPSA) is 90.8 Å². The number of nitrogens with one attached hydrogen (secondary N) is 2. The number of aromatic amines is 1. The number of ether oxygens (including phenoxy) is 1. The Morgan fingerprint density at radius 3 is 3.17 bits per heavy atom. The van der Waals surface area contributed by atoms with E-state index in [0.717, 1.165) is 12.2 Å². The Labute approximate surface area is 138 Å². The fourth-order valence-electron chi connectivity index (χ4n) is 2.67. The van der Waals surface area contributed by atoms with Crippen molar-refractivity contribution in [1.82, 2.24) is 15.3 Å². The summed E-state index contributed by atoms with van der Waals surface area (Å²) in [5, 5.41) is 12.1. The number of benzene rings is 1. The van der Waals surface area contributed by atoms with E-state index in [0.29, 0.717) is 29.3 Å². The molecule has 0 bridgehead atoms. The molecule has 0 saturated carbocycles.